The van der Waals surface area contributed by atoms with Gasteiger partial charge in [0.15, 0.2) is 11.4 Å². The Hall–Kier alpha value is -3.25. The Balaban J connectivity index is 1.29. The van der Waals surface area contributed by atoms with Crippen LogP contribution in [0.4, 0.5) is 22.9 Å². The minimum absolute atomic E-state index is 0.122. The number of esters is 1. The largest absolute Gasteiger partial charge is 0.494 e. The first-order valence-corrected chi connectivity index (χ1v) is 13.3. The van der Waals surface area contributed by atoms with E-state index in [4.69, 9.17) is 21.1 Å². The summed E-state index contributed by atoms with van der Waals surface area (Å²) in [5.41, 5.74) is 4.47. The van der Waals surface area contributed by atoms with E-state index in [1.165, 1.54) is 45.5 Å². The number of anilines is 4. The van der Waals surface area contributed by atoms with Crippen molar-refractivity contribution in [1.29, 1.82) is 0 Å². The fourth-order valence-corrected chi connectivity index (χ4v) is 6.84. The summed E-state index contributed by atoms with van der Waals surface area (Å²) in [5.74, 6) is 2.66. The van der Waals surface area contributed by atoms with Crippen LogP contribution < -0.4 is 15.4 Å². The molecule has 0 aliphatic heterocycles. The number of benzene rings is 2. The summed E-state index contributed by atoms with van der Waals surface area (Å²) in [7, 11) is 2.80. The highest BCUT2D eigenvalue weighted by atomic mass is 35.5. The third-order valence-electron chi connectivity index (χ3n) is 8.02. The van der Waals surface area contributed by atoms with Gasteiger partial charge in [0, 0.05) is 11.4 Å². The monoisotopic (exact) mass is 519 g/mol. The Morgan fingerprint density at radius 3 is 2.19 bits per heavy atom. The number of carbonyl (C=O) groups is 1. The van der Waals surface area contributed by atoms with Crippen molar-refractivity contribution in [2.75, 3.05) is 24.9 Å². The molecule has 0 amide bonds. The van der Waals surface area contributed by atoms with Gasteiger partial charge in [0.05, 0.1) is 24.9 Å². The van der Waals surface area contributed by atoms with Crippen molar-refractivity contribution in [3.63, 3.8) is 0 Å². The zero-order valence-electron chi connectivity index (χ0n) is 21.8. The normalized spacial score (nSPS) is 24.4. The number of carbonyl (C=O) groups excluding carboxylic acids is 1. The van der Waals surface area contributed by atoms with Gasteiger partial charge in [-0.1, -0.05) is 31.5 Å². The molecule has 2 atom stereocenters. The Kier molecular flexibility index (Phi) is 7.04. The number of rotatable bonds is 7. The second kappa shape index (κ2) is 10.3. The highest BCUT2D eigenvalue weighted by molar-refractivity contribution is 6.33. The summed E-state index contributed by atoms with van der Waals surface area (Å²) in [6.07, 6.45) is 5.20. The van der Waals surface area contributed by atoms with E-state index in [0.29, 0.717) is 11.6 Å². The molecular weight excluding hydrogens is 486 g/mol. The van der Waals surface area contributed by atoms with Gasteiger partial charge in [-0.05, 0) is 103 Å². The molecule has 0 saturated heterocycles. The number of ether oxygens (including phenoxy) is 2. The molecule has 3 aromatic rings. The van der Waals surface area contributed by atoms with Crippen LogP contribution in [-0.2, 0) is 10.2 Å². The van der Waals surface area contributed by atoms with E-state index in [1.54, 1.807) is 12.1 Å². The number of nitrogens with zero attached hydrogens (tertiary/aromatic N) is 1. The molecule has 0 radical (unpaired) electrons. The quantitative estimate of drug-likeness (QED) is 0.311. The minimum Gasteiger partial charge on any atom is -0.494 e. The van der Waals surface area contributed by atoms with Gasteiger partial charge in [-0.25, -0.2) is 9.78 Å². The summed E-state index contributed by atoms with van der Waals surface area (Å²) in [6, 6.07) is 17.9. The smallest absolute Gasteiger partial charge is 0.360 e. The van der Waals surface area contributed by atoms with Crippen LogP contribution in [0.5, 0.6) is 5.75 Å². The molecular formula is C30H34ClN3O3. The molecule has 2 saturated carbocycles. The lowest BCUT2D eigenvalue weighted by Crippen LogP contribution is -2.25. The molecule has 1 aromatic heterocycles. The lowest BCUT2D eigenvalue weighted by molar-refractivity contribution is 0.0590. The number of fused-ring (bicyclic) bond motifs is 1. The van der Waals surface area contributed by atoms with Crippen LogP contribution in [0.3, 0.4) is 0 Å². The number of nitrogens with one attached hydrogen (secondary N) is 2. The van der Waals surface area contributed by atoms with E-state index in [0.717, 1.165) is 39.8 Å². The standard InChI is InChI=1S/C30H34ClN3O3/c1-18-13-21-14-19(2)17-30(21,16-18)20-5-10-25(24(31)15-20)32-22-6-8-23(9-7-22)33-27-12-11-26(36-3)28(34-27)29(35)37-4/h5-12,15,18-19,21,32H,13-14,16-17H2,1-4H3,(H,33,34). The Morgan fingerprint density at radius 1 is 0.946 bits per heavy atom. The summed E-state index contributed by atoms with van der Waals surface area (Å²) in [5, 5.41) is 7.42. The van der Waals surface area contributed by atoms with Gasteiger partial charge in [0.25, 0.3) is 0 Å². The van der Waals surface area contributed by atoms with Crippen molar-refractivity contribution in [3.8, 4) is 5.75 Å². The second-order valence-corrected chi connectivity index (χ2v) is 11.1. The number of aromatic nitrogens is 1. The summed E-state index contributed by atoms with van der Waals surface area (Å²) >= 11 is 6.80. The minimum atomic E-state index is -0.553. The Bertz CT molecular complexity index is 1280. The van der Waals surface area contributed by atoms with Gasteiger partial charge in [-0.15, -0.1) is 0 Å². The van der Waals surface area contributed by atoms with Gasteiger partial charge < -0.3 is 20.1 Å². The van der Waals surface area contributed by atoms with Crippen LogP contribution in [0.15, 0.2) is 54.6 Å². The summed E-state index contributed by atoms with van der Waals surface area (Å²) in [6.45, 7) is 4.78. The van der Waals surface area contributed by atoms with Gasteiger partial charge in [-0.3, -0.25) is 0 Å². The first kappa shape index (κ1) is 25.4. The highest BCUT2D eigenvalue weighted by Crippen LogP contribution is 2.59. The van der Waals surface area contributed by atoms with E-state index in [1.807, 2.05) is 24.3 Å². The van der Waals surface area contributed by atoms with E-state index >= 15 is 0 Å². The third-order valence-corrected chi connectivity index (χ3v) is 8.33. The van der Waals surface area contributed by atoms with Gasteiger partial charge in [0.2, 0.25) is 0 Å². The predicted octanol–water partition coefficient (Wildman–Crippen LogP) is 7.73. The number of pyridine rings is 1. The maximum Gasteiger partial charge on any atom is 0.360 e. The van der Waals surface area contributed by atoms with Crippen molar-refractivity contribution in [2.45, 2.75) is 44.9 Å². The van der Waals surface area contributed by atoms with Crippen molar-refractivity contribution in [1.82, 2.24) is 4.98 Å². The fourth-order valence-electron chi connectivity index (χ4n) is 6.61. The zero-order valence-corrected chi connectivity index (χ0v) is 22.6. The lowest BCUT2D eigenvalue weighted by atomic mass is 9.73. The van der Waals surface area contributed by atoms with Crippen LogP contribution in [-0.4, -0.2) is 25.2 Å². The number of hydrogen-bond acceptors (Lipinski definition) is 6. The molecule has 1 heterocycles. The molecule has 2 aliphatic carbocycles. The maximum atomic E-state index is 12.0. The van der Waals surface area contributed by atoms with Crippen molar-refractivity contribution in [2.24, 2.45) is 17.8 Å². The van der Waals surface area contributed by atoms with Gasteiger partial charge in [-0.2, -0.15) is 0 Å². The van der Waals surface area contributed by atoms with Crippen molar-refractivity contribution >= 4 is 40.5 Å². The highest BCUT2D eigenvalue weighted by Gasteiger charge is 2.52. The lowest BCUT2D eigenvalue weighted by Gasteiger charge is -2.31. The molecule has 2 unspecified atom stereocenters. The van der Waals surface area contributed by atoms with E-state index in [9.17, 15) is 4.79 Å². The van der Waals surface area contributed by atoms with Crippen LogP contribution in [0, 0.1) is 17.8 Å². The molecule has 0 spiro atoms. The molecule has 2 aromatic carbocycles. The zero-order chi connectivity index (χ0) is 26.2. The SMILES string of the molecule is COC(=O)c1nc(Nc2ccc(Nc3ccc(C45CC(C)CC4CC(C)C5)cc3Cl)cc2)ccc1OC. The number of halogens is 1. The molecule has 2 aliphatic rings. The molecule has 6 nitrogen and oxygen atoms in total. The fraction of sp³-hybridized carbons (Fsp3) is 0.400. The molecule has 0 bridgehead atoms. The van der Waals surface area contributed by atoms with E-state index < -0.39 is 5.97 Å². The average molecular weight is 520 g/mol. The predicted molar refractivity (Wildman–Crippen MR) is 149 cm³/mol. The topological polar surface area (TPSA) is 72.5 Å². The molecule has 37 heavy (non-hydrogen) atoms. The van der Waals surface area contributed by atoms with Crippen LogP contribution in [0.2, 0.25) is 5.02 Å². The Morgan fingerprint density at radius 2 is 1.59 bits per heavy atom. The maximum absolute atomic E-state index is 12.0. The molecule has 2 fully saturated rings. The molecule has 194 valence electrons. The number of hydrogen-bond donors (Lipinski definition) is 2. The average Bonchev–Trinajstić information content (AvgIpc) is 3.37. The van der Waals surface area contributed by atoms with Gasteiger partial charge in [0.1, 0.15) is 5.82 Å². The molecule has 5 rings (SSSR count). The van der Waals surface area contributed by atoms with E-state index in [2.05, 4.69) is 47.7 Å². The van der Waals surface area contributed by atoms with Crippen molar-refractivity contribution < 1.29 is 14.3 Å². The van der Waals surface area contributed by atoms with Crippen LogP contribution >= 0.6 is 11.6 Å². The Labute approximate surface area is 223 Å². The summed E-state index contributed by atoms with van der Waals surface area (Å²) in [4.78, 5) is 16.4. The number of methoxy groups -OCH3 is 2. The molecule has 7 heteroatoms. The van der Waals surface area contributed by atoms with E-state index in [-0.39, 0.29) is 11.1 Å². The molecule has 2 N–H and O–H groups in total. The van der Waals surface area contributed by atoms with Crippen LogP contribution in [0.1, 0.15) is 55.6 Å². The summed E-state index contributed by atoms with van der Waals surface area (Å²) < 4.78 is 10.0. The van der Waals surface area contributed by atoms with Crippen molar-refractivity contribution in [3.05, 3.63) is 70.9 Å². The first-order chi connectivity index (χ1) is 17.8. The third kappa shape index (κ3) is 4.99. The van der Waals surface area contributed by atoms with Crippen LogP contribution in [0.25, 0.3) is 0 Å². The second-order valence-electron chi connectivity index (χ2n) is 10.7. The van der Waals surface area contributed by atoms with Gasteiger partial charge >= 0.3 is 5.97 Å². The first-order valence-electron chi connectivity index (χ1n) is 12.9.